The fourth-order valence-electron chi connectivity index (χ4n) is 3.83. The maximum atomic E-state index is 13.0. The molecule has 1 aliphatic rings. The maximum absolute atomic E-state index is 13.0. The molecule has 0 radical (unpaired) electrons. The molecule has 0 aromatic heterocycles. The highest BCUT2D eigenvalue weighted by Gasteiger charge is 2.38. The summed E-state index contributed by atoms with van der Waals surface area (Å²) in [5, 5.41) is 13.0. The quantitative estimate of drug-likeness (QED) is 0.551. The molecule has 0 saturated heterocycles. The van der Waals surface area contributed by atoms with Crippen molar-refractivity contribution in [1.82, 2.24) is 10.6 Å². The van der Waals surface area contributed by atoms with Crippen LogP contribution in [0.25, 0.3) is 11.1 Å². The summed E-state index contributed by atoms with van der Waals surface area (Å²) in [5.74, 6) is -2.96. The standard InChI is InChI=1S/C23H23F3N2O5/c1-2-18(21(30)31)27-20(29)19(11-23(24,25)26)28-22(32)33-12-17-15-9-5-3-7-13(15)14-8-4-6-10-16(14)17/h3-10,17-19H,2,11-12H2,1H3,(H,27,29)(H,28,32)(H,30,31)/t18-,19?/m1/s1. The third kappa shape index (κ3) is 5.82. The van der Waals surface area contributed by atoms with E-state index in [-0.39, 0.29) is 18.9 Å². The van der Waals surface area contributed by atoms with E-state index < -0.39 is 42.7 Å². The van der Waals surface area contributed by atoms with Crippen LogP contribution in [0.15, 0.2) is 48.5 Å². The number of carbonyl (C=O) groups excluding carboxylic acids is 2. The summed E-state index contributed by atoms with van der Waals surface area (Å²) in [5.41, 5.74) is 3.80. The number of nitrogens with one attached hydrogen (secondary N) is 2. The van der Waals surface area contributed by atoms with Crippen LogP contribution in [-0.2, 0) is 14.3 Å². The highest BCUT2D eigenvalue weighted by atomic mass is 19.4. The Morgan fingerprint density at radius 3 is 2.00 bits per heavy atom. The Kier molecular flexibility index (Phi) is 7.25. The Labute approximate surface area is 187 Å². The van der Waals surface area contributed by atoms with E-state index in [1.807, 2.05) is 59.2 Å². The molecule has 0 saturated carbocycles. The molecule has 2 aromatic rings. The van der Waals surface area contributed by atoms with Crippen LogP contribution in [0.5, 0.6) is 0 Å². The number of alkyl halides is 3. The number of carbonyl (C=O) groups is 3. The molecule has 33 heavy (non-hydrogen) atoms. The zero-order valence-electron chi connectivity index (χ0n) is 17.7. The van der Waals surface area contributed by atoms with Crippen LogP contribution in [0.4, 0.5) is 18.0 Å². The van der Waals surface area contributed by atoms with Crippen molar-refractivity contribution >= 4 is 18.0 Å². The predicted octanol–water partition coefficient (Wildman–Crippen LogP) is 3.83. The van der Waals surface area contributed by atoms with Crippen LogP contribution >= 0.6 is 0 Å². The second-order valence-corrected chi connectivity index (χ2v) is 7.65. The lowest BCUT2D eigenvalue weighted by Gasteiger charge is -2.22. The van der Waals surface area contributed by atoms with Gasteiger partial charge in [0.15, 0.2) is 0 Å². The van der Waals surface area contributed by atoms with Gasteiger partial charge < -0.3 is 20.5 Å². The van der Waals surface area contributed by atoms with Gasteiger partial charge in [0.1, 0.15) is 18.7 Å². The van der Waals surface area contributed by atoms with Crippen molar-refractivity contribution < 1.29 is 37.4 Å². The largest absolute Gasteiger partial charge is 0.480 e. The average Bonchev–Trinajstić information content (AvgIpc) is 3.08. The van der Waals surface area contributed by atoms with Crippen LogP contribution in [0.3, 0.4) is 0 Å². The van der Waals surface area contributed by atoms with Crippen molar-refractivity contribution in [2.45, 2.75) is 43.9 Å². The molecular weight excluding hydrogens is 441 g/mol. The number of halogens is 3. The van der Waals surface area contributed by atoms with Gasteiger partial charge in [-0.3, -0.25) is 4.79 Å². The molecule has 3 rings (SSSR count). The van der Waals surface area contributed by atoms with Gasteiger partial charge in [0.25, 0.3) is 0 Å². The Morgan fingerprint density at radius 2 is 1.52 bits per heavy atom. The maximum Gasteiger partial charge on any atom is 0.407 e. The molecule has 1 aliphatic carbocycles. The van der Waals surface area contributed by atoms with Gasteiger partial charge in [-0.25, -0.2) is 9.59 Å². The van der Waals surface area contributed by atoms with Gasteiger partial charge in [-0.1, -0.05) is 55.5 Å². The summed E-state index contributed by atoms with van der Waals surface area (Å²) in [7, 11) is 0. The molecule has 7 nitrogen and oxygen atoms in total. The van der Waals surface area contributed by atoms with Crippen molar-refractivity contribution in [3.63, 3.8) is 0 Å². The number of alkyl carbamates (subject to hydrolysis) is 1. The van der Waals surface area contributed by atoms with E-state index >= 15 is 0 Å². The van der Waals surface area contributed by atoms with E-state index in [4.69, 9.17) is 9.84 Å². The molecule has 10 heteroatoms. The first kappa shape index (κ1) is 24.1. The van der Waals surface area contributed by atoms with Crippen molar-refractivity contribution in [3.8, 4) is 11.1 Å². The monoisotopic (exact) mass is 464 g/mol. The average molecular weight is 464 g/mol. The normalized spacial score (nSPS) is 14.5. The number of amides is 2. The Balaban J connectivity index is 1.69. The van der Waals surface area contributed by atoms with Gasteiger partial charge in [-0.2, -0.15) is 13.2 Å². The second kappa shape index (κ2) is 9.93. The zero-order chi connectivity index (χ0) is 24.2. The molecule has 2 amide bonds. The number of benzene rings is 2. The van der Waals surface area contributed by atoms with Crippen LogP contribution in [-0.4, -0.2) is 47.9 Å². The number of fused-ring (bicyclic) bond motifs is 3. The summed E-state index contributed by atoms with van der Waals surface area (Å²) in [6.07, 6.45) is -7.68. The third-order valence-corrected chi connectivity index (χ3v) is 5.41. The molecule has 1 unspecified atom stereocenters. The van der Waals surface area contributed by atoms with E-state index in [0.717, 1.165) is 22.3 Å². The lowest BCUT2D eigenvalue weighted by Crippen LogP contribution is -2.53. The van der Waals surface area contributed by atoms with Crippen molar-refractivity contribution in [1.29, 1.82) is 0 Å². The first-order valence-corrected chi connectivity index (χ1v) is 10.3. The minimum atomic E-state index is -4.77. The first-order valence-electron chi connectivity index (χ1n) is 10.3. The van der Waals surface area contributed by atoms with Crippen LogP contribution in [0, 0.1) is 0 Å². The highest BCUT2D eigenvalue weighted by molar-refractivity contribution is 5.89. The Bertz CT molecular complexity index is 995. The van der Waals surface area contributed by atoms with Gasteiger partial charge in [0.05, 0.1) is 6.42 Å². The zero-order valence-corrected chi connectivity index (χ0v) is 17.7. The van der Waals surface area contributed by atoms with Crippen LogP contribution < -0.4 is 10.6 Å². The SMILES string of the molecule is CC[C@@H](NC(=O)C(CC(F)(F)F)NC(=O)OCC1c2ccccc2-c2ccccc21)C(=O)O. The van der Waals surface area contributed by atoms with Crippen LogP contribution in [0.1, 0.15) is 36.8 Å². The summed E-state index contributed by atoms with van der Waals surface area (Å²) in [6, 6.07) is 11.7. The fourth-order valence-corrected chi connectivity index (χ4v) is 3.83. The van der Waals surface area contributed by atoms with E-state index in [1.165, 1.54) is 6.92 Å². The van der Waals surface area contributed by atoms with Gasteiger partial charge in [-0.15, -0.1) is 0 Å². The smallest absolute Gasteiger partial charge is 0.407 e. The van der Waals surface area contributed by atoms with E-state index in [0.29, 0.717) is 0 Å². The summed E-state index contributed by atoms with van der Waals surface area (Å²) in [6.45, 7) is 1.31. The van der Waals surface area contributed by atoms with Gasteiger partial charge in [0.2, 0.25) is 5.91 Å². The summed E-state index contributed by atoms with van der Waals surface area (Å²) in [4.78, 5) is 35.7. The number of carboxylic acid groups (broad SMARTS) is 1. The molecule has 2 aromatic carbocycles. The van der Waals surface area contributed by atoms with Gasteiger partial charge >= 0.3 is 18.2 Å². The van der Waals surface area contributed by atoms with Gasteiger partial charge in [0, 0.05) is 5.92 Å². The molecule has 0 bridgehead atoms. The van der Waals surface area contributed by atoms with Gasteiger partial charge in [-0.05, 0) is 28.7 Å². The molecule has 2 atom stereocenters. The Hall–Kier alpha value is -3.56. The predicted molar refractivity (Wildman–Crippen MR) is 113 cm³/mol. The van der Waals surface area contributed by atoms with Crippen molar-refractivity contribution in [2.24, 2.45) is 0 Å². The summed E-state index contributed by atoms with van der Waals surface area (Å²) < 4.78 is 44.1. The molecular formula is C23H23F3N2O5. The van der Waals surface area contributed by atoms with Crippen LogP contribution in [0.2, 0.25) is 0 Å². The molecule has 0 heterocycles. The third-order valence-electron chi connectivity index (χ3n) is 5.41. The second-order valence-electron chi connectivity index (χ2n) is 7.65. The number of hydrogen-bond acceptors (Lipinski definition) is 4. The number of rotatable bonds is 8. The highest BCUT2D eigenvalue weighted by Crippen LogP contribution is 2.44. The number of hydrogen-bond donors (Lipinski definition) is 3. The minimum absolute atomic E-state index is 0.0369. The summed E-state index contributed by atoms with van der Waals surface area (Å²) >= 11 is 0. The van der Waals surface area contributed by atoms with E-state index in [2.05, 4.69) is 0 Å². The number of aliphatic carboxylic acids is 1. The first-order chi connectivity index (χ1) is 15.6. The lowest BCUT2D eigenvalue weighted by atomic mass is 9.98. The molecule has 0 aliphatic heterocycles. The minimum Gasteiger partial charge on any atom is -0.480 e. The molecule has 3 N–H and O–H groups in total. The topological polar surface area (TPSA) is 105 Å². The number of ether oxygens (including phenoxy) is 1. The Morgan fingerprint density at radius 1 is 0.970 bits per heavy atom. The number of carboxylic acids is 1. The fraction of sp³-hybridized carbons (Fsp3) is 0.348. The van der Waals surface area contributed by atoms with E-state index in [9.17, 15) is 27.6 Å². The van der Waals surface area contributed by atoms with Crippen molar-refractivity contribution in [2.75, 3.05) is 6.61 Å². The van der Waals surface area contributed by atoms with E-state index in [1.54, 1.807) is 0 Å². The molecule has 176 valence electrons. The molecule has 0 fully saturated rings. The molecule has 0 spiro atoms. The van der Waals surface area contributed by atoms with Crippen molar-refractivity contribution in [3.05, 3.63) is 59.7 Å². The lowest BCUT2D eigenvalue weighted by molar-refractivity contribution is -0.150.